The van der Waals surface area contributed by atoms with E-state index in [1.165, 1.54) is 0 Å². The molecule has 7 unspecified atom stereocenters. The lowest BCUT2D eigenvalue weighted by molar-refractivity contribution is -0.195. The van der Waals surface area contributed by atoms with Crippen LogP contribution in [-0.2, 0) is 33.4 Å². The molecule has 8 heteroatoms. The van der Waals surface area contributed by atoms with E-state index in [1.807, 2.05) is 27.7 Å². The zero-order valence-electron chi connectivity index (χ0n) is 19.0. The Morgan fingerprint density at radius 3 is 2.30 bits per heavy atom. The molecule has 7 nitrogen and oxygen atoms in total. The van der Waals surface area contributed by atoms with E-state index < -0.39 is 51.5 Å². The van der Waals surface area contributed by atoms with Crippen LogP contribution in [0.25, 0.3) is 0 Å². The summed E-state index contributed by atoms with van der Waals surface area (Å²) in [5, 5.41) is -0.445. The van der Waals surface area contributed by atoms with Crippen LogP contribution in [0.15, 0.2) is 0 Å². The summed E-state index contributed by atoms with van der Waals surface area (Å²) in [6, 6.07) is 0. The molecule has 30 heavy (non-hydrogen) atoms. The quantitative estimate of drug-likeness (QED) is 0.477. The van der Waals surface area contributed by atoms with Gasteiger partial charge >= 0.3 is 11.9 Å². The zero-order valence-corrected chi connectivity index (χ0v) is 19.8. The molecule has 0 aromatic heterocycles. The average molecular weight is 443 g/mol. The summed E-state index contributed by atoms with van der Waals surface area (Å²) in [7, 11) is -3.56. The Hall–Kier alpha value is -1.15. The van der Waals surface area contributed by atoms with E-state index in [9.17, 15) is 18.0 Å². The van der Waals surface area contributed by atoms with Crippen molar-refractivity contribution in [3.8, 4) is 0 Å². The molecule has 7 atom stereocenters. The first-order chi connectivity index (χ1) is 13.5. The Bertz CT molecular complexity index is 880. The predicted octanol–water partition coefficient (Wildman–Crippen LogP) is 3.07. The van der Waals surface area contributed by atoms with Crippen molar-refractivity contribution in [1.29, 1.82) is 0 Å². The first kappa shape index (κ1) is 22.1. The van der Waals surface area contributed by atoms with E-state index >= 15 is 0 Å². The van der Waals surface area contributed by atoms with Gasteiger partial charge in [0.2, 0.25) is 0 Å². The van der Waals surface area contributed by atoms with Crippen molar-refractivity contribution in [2.75, 3.05) is 6.61 Å². The van der Waals surface area contributed by atoms with Crippen LogP contribution in [0.5, 0.6) is 0 Å². The Morgan fingerprint density at radius 2 is 1.73 bits per heavy atom. The van der Waals surface area contributed by atoms with E-state index in [0.717, 1.165) is 6.42 Å². The number of ether oxygens (including phenoxy) is 2. The summed E-state index contributed by atoms with van der Waals surface area (Å²) < 4.78 is 40.6. The molecule has 170 valence electrons. The average Bonchev–Trinajstić information content (AvgIpc) is 3.14. The van der Waals surface area contributed by atoms with Crippen molar-refractivity contribution in [1.82, 2.24) is 0 Å². The van der Waals surface area contributed by atoms with E-state index in [4.69, 9.17) is 13.7 Å². The molecule has 1 saturated heterocycles. The fourth-order valence-electron chi connectivity index (χ4n) is 6.26. The Morgan fingerprint density at radius 1 is 1.10 bits per heavy atom. The zero-order chi connectivity index (χ0) is 22.5. The maximum Gasteiger partial charge on any atom is 0.344 e. The van der Waals surface area contributed by atoms with Gasteiger partial charge in [-0.2, -0.15) is 8.42 Å². The molecule has 0 N–H and O–H groups in total. The van der Waals surface area contributed by atoms with Crippen LogP contribution in [0.2, 0.25) is 0 Å². The van der Waals surface area contributed by atoms with Gasteiger partial charge in [0.25, 0.3) is 10.1 Å². The molecule has 4 fully saturated rings. The minimum absolute atomic E-state index is 0.0520. The minimum Gasteiger partial charge on any atom is -0.456 e. The molecule has 1 heterocycles. The maximum atomic E-state index is 13.0. The maximum absolute atomic E-state index is 13.0. The molecule has 3 aliphatic carbocycles. The number of carbonyl (C=O) groups excluding carboxylic acids is 2. The lowest BCUT2D eigenvalue weighted by atomic mass is 9.61. The van der Waals surface area contributed by atoms with Crippen LogP contribution in [0.4, 0.5) is 0 Å². The molecule has 0 bridgehead atoms. The molecule has 0 aromatic rings. The van der Waals surface area contributed by atoms with Gasteiger partial charge in [-0.15, -0.1) is 0 Å². The molecule has 0 amide bonds. The summed E-state index contributed by atoms with van der Waals surface area (Å²) in [5.41, 5.74) is -1.44. The summed E-state index contributed by atoms with van der Waals surface area (Å²) in [5.74, 6) is -0.825. The highest BCUT2D eigenvalue weighted by Gasteiger charge is 2.86. The Labute approximate surface area is 179 Å². The molecule has 0 aromatic carbocycles. The van der Waals surface area contributed by atoms with Crippen LogP contribution in [0, 0.1) is 33.5 Å². The van der Waals surface area contributed by atoms with Gasteiger partial charge in [0.1, 0.15) is 12.2 Å². The number of carbonyl (C=O) groups is 2. The van der Waals surface area contributed by atoms with E-state index in [0.29, 0.717) is 18.8 Å². The number of hydrogen-bond acceptors (Lipinski definition) is 7. The van der Waals surface area contributed by atoms with Crippen molar-refractivity contribution >= 4 is 22.1 Å². The summed E-state index contributed by atoms with van der Waals surface area (Å²) in [6.07, 6.45) is 0.970. The highest BCUT2D eigenvalue weighted by molar-refractivity contribution is 7.87. The molecule has 0 radical (unpaired) electrons. The van der Waals surface area contributed by atoms with Gasteiger partial charge in [0, 0.05) is 11.3 Å². The predicted molar refractivity (Wildman–Crippen MR) is 109 cm³/mol. The summed E-state index contributed by atoms with van der Waals surface area (Å²) in [6.45, 7) is 13.6. The third-order valence-corrected chi connectivity index (χ3v) is 9.82. The molecule has 4 rings (SSSR count). The van der Waals surface area contributed by atoms with Gasteiger partial charge in [-0.05, 0) is 42.9 Å². The number of rotatable bonds is 5. The van der Waals surface area contributed by atoms with Crippen molar-refractivity contribution in [3.63, 3.8) is 0 Å². The lowest BCUT2D eigenvalue weighted by Gasteiger charge is -2.46. The van der Waals surface area contributed by atoms with E-state index in [-0.39, 0.29) is 22.2 Å². The highest BCUT2D eigenvalue weighted by atomic mass is 32.2. The lowest BCUT2D eigenvalue weighted by Crippen LogP contribution is -2.58. The van der Waals surface area contributed by atoms with Crippen molar-refractivity contribution < 1.29 is 31.7 Å². The second-order valence-electron chi connectivity index (χ2n) is 12.2. The normalized spacial score (nSPS) is 39.9. The Kier molecular flexibility index (Phi) is 4.57. The fourth-order valence-corrected chi connectivity index (χ4v) is 8.17. The molecular weight excluding hydrogens is 408 g/mol. The molecule has 1 aliphatic heterocycles. The van der Waals surface area contributed by atoms with Crippen LogP contribution < -0.4 is 0 Å². The molecular formula is C22H34O7S. The SMILES string of the molecule is CC(C)(C)CC(C)(C(=O)OCC(=O)OC1C2OS(=O)(=O)C3CC4CC41C23)C(C)(C)C. The standard InChI is InChI=1S/C22H34O7S/c1-19(2,3)11-21(7,20(4,5)6)18(24)27-10-14(23)28-17-16-15-13(30(25,26)29-16)8-12-9-22(12,15)17/h12-13,15-17H,8-11H2,1-7H3. The van der Waals surface area contributed by atoms with Crippen molar-refractivity contribution in [2.24, 2.45) is 33.5 Å². The largest absolute Gasteiger partial charge is 0.456 e. The first-order valence-corrected chi connectivity index (χ1v) is 12.3. The van der Waals surface area contributed by atoms with Gasteiger partial charge in [-0.1, -0.05) is 41.5 Å². The van der Waals surface area contributed by atoms with Gasteiger partial charge < -0.3 is 9.47 Å². The molecule has 1 spiro atoms. The fraction of sp³-hybridized carbons (Fsp3) is 0.909. The highest BCUT2D eigenvalue weighted by Crippen LogP contribution is 2.80. The monoisotopic (exact) mass is 442 g/mol. The second kappa shape index (κ2) is 6.21. The topological polar surface area (TPSA) is 96.0 Å². The summed E-state index contributed by atoms with van der Waals surface area (Å²) in [4.78, 5) is 25.5. The first-order valence-electron chi connectivity index (χ1n) is 10.8. The van der Waals surface area contributed by atoms with Crippen LogP contribution in [-0.4, -0.2) is 44.4 Å². The molecule has 3 saturated carbocycles. The van der Waals surface area contributed by atoms with Gasteiger partial charge in [0.15, 0.2) is 6.61 Å². The van der Waals surface area contributed by atoms with E-state index in [1.54, 1.807) is 0 Å². The third-order valence-electron chi connectivity index (χ3n) is 8.11. The van der Waals surface area contributed by atoms with Gasteiger partial charge in [-0.25, -0.2) is 4.79 Å². The van der Waals surface area contributed by atoms with Gasteiger partial charge in [-0.3, -0.25) is 8.98 Å². The van der Waals surface area contributed by atoms with E-state index in [2.05, 4.69) is 20.8 Å². The number of hydrogen-bond donors (Lipinski definition) is 0. The van der Waals surface area contributed by atoms with Gasteiger partial charge in [0.05, 0.1) is 10.7 Å². The smallest absolute Gasteiger partial charge is 0.344 e. The molecule has 4 aliphatic rings. The minimum atomic E-state index is -3.56. The van der Waals surface area contributed by atoms with Crippen LogP contribution >= 0.6 is 0 Å². The van der Waals surface area contributed by atoms with Crippen molar-refractivity contribution in [2.45, 2.75) is 85.2 Å². The Balaban J connectivity index is 1.38. The summed E-state index contributed by atoms with van der Waals surface area (Å²) >= 11 is 0. The van der Waals surface area contributed by atoms with Crippen LogP contribution in [0.1, 0.15) is 67.7 Å². The number of esters is 2. The van der Waals surface area contributed by atoms with Crippen molar-refractivity contribution in [3.05, 3.63) is 0 Å². The second-order valence-corrected chi connectivity index (χ2v) is 14.0. The van der Waals surface area contributed by atoms with Crippen LogP contribution in [0.3, 0.4) is 0 Å². The third kappa shape index (κ3) is 3.04.